The van der Waals surface area contributed by atoms with Crippen LogP contribution in [-0.4, -0.2) is 55.7 Å². The van der Waals surface area contributed by atoms with Crippen molar-refractivity contribution >= 4 is 28.3 Å². The molecule has 5 rings (SSSR count). The van der Waals surface area contributed by atoms with Gasteiger partial charge in [-0.25, -0.2) is 0 Å². The molecule has 2 aliphatic heterocycles. The van der Waals surface area contributed by atoms with Crippen LogP contribution in [0.5, 0.6) is 5.75 Å². The van der Waals surface area contributed by atoms with Crippen LogP contribution in [0.3, 0.4) is 0 Å². The van der Waals surface area contributed by atoms with Crippen LogP contribution < -0.4 is 9.64 Å². The first-order chi connectivity index (χ1) is 16.2. The number of anilines is 1. The predicted octanol–water partition coefficient (Wildman–Crippen LogP) is 5.05. The van der Waals surface area contributed by atoms with Gasteiger partial charge in [0.15, 0.2) is 0 Å². The molecule has 172 valence electrons. The maximum Gasteiger partial charge on any atom is 0.138 e. The van der Waals surface area contributed by atoms with Crippen molar-refractivity contribution in [1.82, 2.24) is 9.80 Å². The molecule has 0 N–H and O–H groups in total. The van der Waals surface area contributed by atoms with Crippen molar-refractivity contribution in [2.24, 2.45) is 0 Å². The number of rotatable bonds is 6. The van der Waals surface area contributed by atoms with Crippen molar-refractivity contribution in [3.63, 3.8) is 0 Å². The summed E-state index contributed by atoms with van der Waals surface area (Å²) in [4.78, 5) is 7.57. The average Bonchev–Trinajstić information content (AvgIpc) is 2.86. The number of hydrogen-bond donors (Lipinski definition) is 0. The molecule has 0 radical (unpaired) electrons. The van der Waals surface area contributed by atoms with Crippen molar-refractivity contribution < 1.29 is 4.74 Å². The molecule has 4 nitrogen and oxygen atoms in total. The third kappa shape index (κ3) is 5.36. The molecule has 2 aliphatic rings. The normalized spacial score (nSPS) is 18.8. The lowest BCUT2D eigenvalue weighted by Crippen LogP contribution is -2.46. The van der Waals surface area contributed by atoms with E-state index in [0.29, 0.717) is 6.04 Å². The molecule has 33 heavy (non-hydrogen) atoms. The minimum absolute atomic E-state index is 0.335. The van der Waals surface area contributed by atoms with E-state index in [4.69, 9.17) is 4.74 Å². The molecule has 0 saturated carbocycles. The van der Waals surface area contributed by atoms with Crippen LogP contribution in [0.1, 0.15) is 16.7 Å². The number of nitrogens with zero attached hydrogens (tertiary/aromatic N) is 3. The van der Waals surface area contributed by atoms with Crippen molar-refractivity contribution in [2.45, 2.75) is 25.6 Å². The fourth-order valence-corrected chi connectivity index (χ4v) is 5.61. The summed E-state index contributed by atoms with van der Waals surface area (Å²) in [6, 6.07) is 26.5. The van der Waals surface area contributed by atoms with Gasteiger partial charge in [-0.1, -0.05) is 60.7 Å². The van der Waals surface area contributed by atoms with E-state index in [1.807, 2.05) is 0 Å². The zero-order valence-electron chi connectivity index (χ0n) is 19.3. The van der Waals surface area contributed by atoms with Crippen LogP contribution in [0.25, 0.3) is 0 Å². The maximum atomic E-state index is 6.49. The Bertz CT molecular complexity index is 1010. The van der Waals surface area contributed by atoms with Gasteiger partial charge >= 0.3 is 0 Å². The Labute approximate surface area is 211 Å². The van der Waals surface area contributed by atoms with Gasteiger partial charge in [0.1, 0.15) is 12.4 Å². The van der Waals surface area contributed by atoms with Gasteiger partial charge in [0.2, 0.25) is 0 Å². The molecule has 1 saturated heterocycles. The van der Waals surface area contributed by atoms with Gasteiger partial charge in [-0.05, 0) is 59.3 Å². The van der Waals surface area contributed by atoms with Crippen LogP contribution in [0.4, 0.5) is 5.69 Å². The first-order valence-electron chi connectivity index (χ1n) is 11.9. The summed E-state index contributed by atoms with van der Waals surface area (Å²) in [5.74, 6) is 1.10. The molecule has 5 heteroatoms. The van der Waals surface area contributed by atoms with Gasteiger partial charge in [-0.2, -0.15) is 0 Å². The monoisotopic (exact) mass is 553 g/mol. The Kier molecular flexibility index (Phi) is 7.19. The summed E-state index contributed by atoms with van der Waals surface area (Å²) in [7, 11) is 2.21. The van der Waals surface area contributed by atoms with Gasteiger partial charge in [0.25, 0.3) is 0 Å². The van der Waals surface area contributed by atoms with E-state index >= 15 is 0 Å². The maximum absolute atomic E-state index is 6.49. The van der Waals surface area contributed by atoms with Crippen LogP contribution in [0.15, 0.2) is 72.8 Å². The lowest BCUT2D eigenvalue weighted by atomic mass is 9.97. The minimum Gasteiger partial charge on any atom is -0.490 e. The highest BCUT2D eigenvalue weighted by atomic mass is 127. The van der Waals surface area contributed by atoms with E-state index in [-0.39, 0.29) is 0 Å². The standard InChI is InChI=1S/C28H32IN3O/c1-30-14-16-31(17-15-30)27-13-12-26(29)28-25(27)18-24(21-33-28)32(19-22-8-4-2-5-9-22)20-23-10-6-3-7-11-23/h2-13,24H,14-21H2,1H3/t24-/m0/s1. The van der Waals surface area contributed by atoms with Crippen molar-refractivity contribution in [1.29, 1.82) is 0 Å². The van der Waals surface area contributed by atoms with Crippen molar-refractivity contribution in [2.75, 3.05) is 44.7 Å². The number of piperazine rings is 1. The zero-order chi connectivity index (χ0) is 22.6. The summed E-state index contributed by atoms with van der Waals surface area (Å²) in [6.07, 6.45) is 1.02. The Hall–Kier alpha value is -2.09. The first kappa shape index (κ1) is 22.7. The Morgan fingerprint density at radius 2 is 1.45 bits per heavy atom. The van der Waals surface area contributed by atoms with Gasteiger partial charge in [0, 0.05) is 56.6 Å². The fourth-order valence-electron chi connectivity index (χ4n) is 4.94. The second-order valence-corrected chi connectivity index (χ2v) is 10.4. The summed E-state index contributed by atoms with van der Waals surface area (Å²) in [5.41, 5.74) is 5.44. The molecule has 2 heterocycles. The number of ether oxygens (including phenoxy) is 1. The molecular formula is C28H32IN3O. The second kappa shape index (κ2) is 10.5. The van der Waals surface area contributed by atoms with Crippen LogP contribution in [-0.2, 0) is 19.5 Å². The molecule has 0 bridgehead atoms. The largest absolute Gasteiger partial charge is 0.490 e. The van der Waals surface area contributed by atoms with Crippen LogP contribution >= 0.6 is 22.6 Å². The smallest absolute Gasteiger partial charge is 0.138 e. The van der Waals surface area contributed by atoms with Gasteiger partial charge < -0.3 is 14.5 Å². The van der Waals surface area contributed by atoms with E-state index in [2.05, 4.69) is 117 Å². The molecule has 0 aromatic heterocycles. The summed E-state index contributed by atoms with van der Waals surface area (Å²) < 4.78 is 7.71. The van der Waals surface area contributed by atoms with Gasteiger partial charge in [0.05, 0.1) is 3.57 Å². The molecule has 3 aromatic rings. The third-order valence-electron chi connectivity index (χ3n) is 6.86. The lowest BCUT2D eigenvalue weighted by Gasteiger charge is -2.39. The number of halogens is 1. The number of hydrogen-bond acceptors (Lipinski definition) is 4. The Balaban J connectivity index is 1.43. The number of likely N-dealkylation sites (N-methyl/N-ethyl adjacent to an activating group) is 1. The molecule has 0 aliphatic carbocycles. The summed E-state index contributed by atoms with van der Waals surface area (Å²) >= 11 is 2.43. The second-order valence-electron chi connectivity index (χ2n) is 9.21. The van der Waals surface area contributed by atoms with Crippen LogP contribution in [0, 0.1) is 3.57 Å². The average molecular weight is 553 g/mol. The first-order valence-corrected chi connectivity index (χ1v) is 12.9. The molecular weight excluding hydrogens is 521 g/mol. The third-order valence-corrected chi connectivity index (χ3v) is 7.71. The topological polar surface area (TPSA) is 19.0 Å². The van der Waals surface area contributed by atoms with E-state index < -0.39 is 0 Å². The van der Waals surface area contributed by atoms with E-state index in [0.717, 1.165) is 58.0 Å². The highest BCUT2D eigenvalue weighted by Gasteiger charge is 2.30. The Morgan fingerprint density at radius 3 is 2.06 bits per heavy atom. The fraction of sp³-hybridized carbons (Fsp3) is 0.357. The zero-order valence-corrected chi connectivity index (χ0v) is 21.4. The molecule has 3 aromatic carbocycles. The minimum atomic E-state index is 0.335. The molecule has 1 atom stereocenters. The molecule has 0 amide bonds. The SMILES string of the molecule is CN1CCN(c2ccc(I)c3c2C[C@H](N(Cc2ccccc2)Cc2ccccc2)CO3)CC1. The lowest BCUT2D eigenvalue weighted by molar-refractivity contribution is 0.106. The van der Waals surface area contributed by atoms with Gasteiger partial charge in [-0.3, -0.25) is 4.90 Å². The summed E-state index contributed by atoms with van der Waals surface area (Å²) in [5, 5.41) is 0. The van der Waals surface area contributed by atoms with E-state index in [9.17, 15) is 0 Å². The van der Waals surface area contributed by atoms with E-state index in [1.165, 1.54) is 25.9 Å². The summed E-state index contributed by atoms with van der Waals surface area (Å²) in [6.45, 7) is 6.95. The predicted molar refractivity (Wildman–Crippen MR) is 144 cm³/mol. The Morgan fingerprint density at radius 1 is 0.848 bits per heavy atom. The van der Waals surface area contributed by atoms with E-state index in [1.54, 1.807) is 0 Å². The highest BCUT2D eigenvalue weighted by molar-refractivity contribution is 14.1. The van der Waals surface area contributed by atoms with Crippen LogP contribution in [0.2, 0.25) is 0 Å². The van der Waals surface area contributed by atoms with Crippen molar-refractivity contribution in [3.8, 4) is 5.75 Å². The highest BCUT2D eigenvalue weighted by Crippen LogP contribution is 2.39. The van der Waals surface area contributed by atoms with Gasteiger partial charge in [-0.15, -0.1) is 0 Å². The molecule has 1 fully saturated rings. The quantitative estimate of drug-likeness (QED) is 0.398. The number of fused-ring (bicyclic) bond motifs is 1. The number of benzene rings is 3. The molecule has 0 unspecified atom stereocenters. The van der Waals surface area contributed by atoms with Crippen molar-refractivity contribution in [3.05, 3.63) is 93.1 Å². The molecule has 0 spiro atoms.